The smallest absolute Gasteiger partial charge is 0.317 e. The number of methoxy groups -OCH3 is 1. The maximum absolute atomic E-state index is 12.0. The van der Waals surface area contributed by atoms with E-state index in [-0.39, 0.29) is 6.03 Å². The molecule has 0 unspecified atom stereocenters. The van der Waals surface area contributed by atoms with Gasteiger partial charge in [-0.25, -0.2) is 4.79 Å². The number of carbonyl (C=O) groups excluding carboxylic acids is 1. The summed E-state index contributed by atoms with van der Waals surface area (Å²) in [5.41, 5.74) is -1.07. The highest BCUT2D eigenvalue weighted by atomic mass is 16.5. The van der Waals surface area contributed by atoms with Gasteiger partial charge in [-0.3, -0.25) is 4.79 Å². The van der Waals surface area contributed by atoms with E-state index in [0.717, 1.165) is 0 Å². The molecule has 0 atom stereocenters. The standard InChI is InChI=1S/C14H26N2O4/c1-5-14(11(17)18)6-8-16(9-7-14)12(19)15-10-13(2,3)20-4/h5-10H2,1-4H3,(H,15,19)(H,17,18). The first-order valence-electron chi connectivity index (χ1n) is 7.08. The van der Waals surface area contributed by atoms with Crippen LogP contribution in [0, 0.1) is 5.41 Å². The van der Waals surface area contributed by atoms with Gasteiger partial charge in [0.2, 0.25) is 0 Å². The van der Waals surface area contributed by atoms with Gasteiger partial charge in [-0.1, -0.05) is 6.92 Å². The topological polar surface area (TPSA) is 78.9 Å². The minimum absolute atomic E-state index is 0.148. The average molecular weight is 286 g/mol. The average Bonchev–Trinajstić information content (AvgIpc) is 2.44. The Labute approximate surface area is 120 Å². The highest BCUT2D eigenvalue weighted by Gasteiger charge is 2.40. The number of nitrogens with zero attached hydrogens (tertiary/aromatic N) is 1. The fourth-order valence-corrected chi connectivity index (χ4v) is 2.33. The van der Waals surface area contributed by atoms with Gasteiger partial charge in [0.05, 0.1) is 11.0 Å². The lowest BCUT2D eigenvalue weighted by Crippen LogP contribution is -2.51. The molecule has 1 fully saturated rings. The van der Waals surface area contributed by atoms with Crippen molar-refractivity contribution in [3.63, 3.8) is 0 Å². The number of urea groups is 1. The van der Waals surface area contributed by atoms with Crippen molar-refractivity contribution >= 4 is 12.0 Å². The van der Waals surface area contributed by atoms with Crippen LogP contribution in [0.1, 0.15) is 40.0 Å². The normalized spacial score (nSPS) is 18.7. The number of ether oxygens (including phenoxy) is 1. The molecule has 6 heteroatoms. The van der Waals surface area contributed by atoms with E-state index in [1.165, 1.54) is 0 Å². The Bertz CT molecular complexity index is 360. The van der Waals surface area contributed by atoms with Gasteiger partial charge in [-0.2, -0.15) is 0 Å². The van der Waals surface area contributed by atoms with Crippen LogP contribution in [-0.4, -0.2) is 54.4 Å². The molecular weight excluding hydrogens is 260 g/mol. The lowest BCUT2D eigenvalue weighted by molar-refractivity contribution is -0.151. The van der Waals surface area contributed by atoms with Crippen LogP contribution in [0.5, 0.6) is 0 Å². The van der Waals surface area contributed by atoms with E-state index < -0.39 is 17.0 Å². The Morgan fingerprint density at radius 1 is 1.35 bits per heavy atom. The van der Waals surface area contributed by atoms with E-state index in [0.29, 0.717) is 38.9 Å². The molecule has 0 spiro atoms. The molecule has 0 radical (unpaired) electrons. The molecule has 2 N–H and O–H groups in total. The first-order valence-corrected chi connectivity index (χ1v) is 7.08. The van der Waals surface area contributed by atoms with E-state index >= 15 is 0 Å². The van der Waals surface area contributed by atoms with Gasteiger partial charge in [0, 0.05) is 26.7 Å². The van der Waals surface area contributed by atoms with Crippen molar-refractivity contribution in [2.45, 2.75) is 45.6 Å². The van der Waals surface area contributed by atoms with Crippen LogP contribution in [0.25, 0.3) is 0 Å². The lowest BCUT2D eigenvalue weighted by Gasteiger charge is -2.38. The molecule has 1 saturated heterocycles. The third-order valence-electron chi connectivity index (χ3n) is 4.36. The predicted molar refractivity (Wildman–Crippen MR) is 75.7 cm³/mol. The summed E-state index contributed by atoms with van der Waals surface area (Å²) >= 11 is 0. The van der Waals surface area contributed by atoms with Gasteiger partial charge in [-0.15, -0.1) is 0 Å². The first kappa shape index (κ1) is 16.8. The van der Waals surface area contributed by atoms with Crippen LogP contribution >= 0.6 is 0 Å². The SMILES string of the molecule is CCC1(C(=O)O)CCN(C(=O)NCC(C)(C)OC)CC1. The number of aliphatic carboxylic acids is 1. The van der Waals surface area contributed by atoms with Gasteiger partial charge < -0.3 is 20.1 Å². The Hall–Kier alpha value is -1.30. The molecule has 0 aromatic heterocycles. The third kappa shape index (κ3) is 3.85. The summed E-state index contributed by atoms with van der Waals surface area (Å²) in [5, 5.41) is 12.2. The third-order valence-corrected chi connectivity index (χ3v) is 4.36. The van der Waals surface area contributed by atoms with Crippen molar-refractivity contribution in [2.24, 2.45) is 5.41 Å². The fourth-order valence-electron chi connectivity index (χ4n) is 2.33. The second-order valence-electron chi connectivity index (χ2n) is 6.05. The van der Waals surface area contributed by atoms with Crippen molar-refractivity contribution in [3.8, 4) is 0 Å². The second-order valence-corrected chi connectivity index (χ2v) is 6.05. The zero-order chi connectivity index (χ0) is 15.4. The van der Waals surface area contributed by atoms with Crippen molar-refractivity contribution in [1.82, 2.24) is 10.2 Å². The van der Waals surface area contributed by atoms with Crippen molar-refractivity contribution in [1.29, 1.82) is 0 Å². The molecule has 0 aromatic rings. The molecule has 0 bridgehead atoms. The summed E-state index contributed by atoms with van der Waals surface area (Å²) in [5.74, 6) is -0.749. The number of hydrogen-bond acceptors (Lipinski definition) is 3. The van der Waals surface area contributed by atoms with Gasteiger partial charge in [0.15, 0.2) is 0 Å². The zero-order valence-electron chi connectivity index (χ0n) is 12.9. The van der Waals surface area contributed by atoms with Crippen LogP contribution in [0.4, 0.5) is 4.79 Å². The molecule has 2 amide bonds. The van der Waals surface area contributed by atoms with Gasteiger partial charge in [0.1, 0.15) is 0 Å². The van der Waals surface area contributed by atoms with Crippen LogP contribution in [0.3, 0.4) is 0 Å². The molecule has 1 heterocycles. The van der Waals surface area contributed by atoms with Crippen LogP contribution < -0.4 is 5.32 Å². The largest absolute Gasteiger partial charge is 0.481 e. The van der Waals surface area contributed by atoms with Gasteiger partial charge in [-0.05, 0) is 33.1 Å². The number of carboxylic acids is 1. The molecular formula is C14H26N2O4. The predicted octanol–water partition coefficient (Wildman–Crippen LogP) is 1.70. The second kappa shape index (κ2) is 6.43. The summed E-state index contributed by atoms with van der Waals surface area (Å²) in [6, 6.07) is -0.148. The quantitative estimate of drug-likeness (QED) is 0.806. The summed E-state index contributed by atoms with van der Waals surface area (Å²) in [6.45, 7) is 7.09. The summed E-state index contributed by atoms with van der Waals surface area (Å²) in [7, 11) is 1.61. The highest BCUT2D eigenvalue weighted by Crippen LogP contribution is 2.35. The van der Waals surface area contributed by atoms with E-state index in [1.54, 1.807) is 12.0 Å². The minimum Gasteiger partial charge on any atom is -0.481 e. The van der Waals surface area contributed by atoms with E-state index in [1.807, 2.05) is 20.8 Å². The molecule has 1 aliphatic rings. The zero-order valence-corrected chi connectivity index (χ0v) is 12.9. The molecule has 0 aromatic carbocycles. The summed E-state index contributed by atoms with van der Waals surface area (Å²) in [4.78, 5) is 25.1. The molecule has 0 aliphatic carbocycles. The number of amides is 2. The van der Waals surface area contributed by atoms with Crippen molar-refractivity contribution in [2.75, 3.05) is 26.7 Å². The monoisotopic (exact) mass is 286 g/mol. The number of piperidine rings is 1. The summed E-state index contributed by atoms with van der Waals surface area (Å²) in [6.07, 6.45) is 1.63. The Balaban J connectivity index is 2.49. The Morgan fingerprint density at radius 3 is 2.30 bits per heavy atom. The Kier molecular flexibility index (Phi) is 5.39. The maximum atomic E-state index is 12.0. The van der Waals surface area contributed by atoms with Gasteiger partial charge in [0.25, 0.3) is 0 Å². The number of nitrogens with one attached hydrogen (secondary N) is 1. The van der Waals surface area contributed by atoms with E-state index in [4.69, 9.17) is 4.74 Å². The van der Waals surface area contributed by atoms with Crippen LogP contribution in [0.2, 0.25) is 0 Å². The fraction of sp³-hybridized carbons (Fsp3) is 0.857. The number of likely N-dealkylation sites (tertiary alicyclic amines) is 1. The van der Waals surface area contributed by atoms with Gasteiger partial charge >= 0.3 is 12.0 Å². The summed E-state index contributed by atoms with van der Waals surface area (Å²) < 4.78 is 5.25. The maximum Gasteiger partial charge on any atom is 0.317 e. The minimum atomic E-state index is -0.749. The highest BCUT2D eigenvalue weighted by molar-refractivity contribution is 5.77. The van der Waals surface area contributed by atoms with E-state index in [9.17, 15) is 14.7 Å². The first-order chi connectivity index (χ1) is 9.26. The molecule has 0 saturated carbocycles. The molecule has 20 heavy (non-hydrogen) atoms. The number of hydrogen-bond donors (Lipinski definition) is 2. The Morgan fingerprint density at radius 2 is 1.90 bits per heavy atom. The van der Waals surface area contributed by atoms with E-state index in [2.05, 4.69) is 5.32 Å². The van der Waals surface area contributed by atoms with Crippen molar-refractivity contribution < 1.29 is 19.4 Å². The number of rotatable bonds is 5. The van der Waals surface area contributed by atoms with Crippen molar-refractivity contribution in [3.05, 3.63) is 0 Å². The lowest BCUT2D eigenvalue weighted by atomic mass is 9.76. The van der Waals surface area contributed by atoms with Crippen LogP contribution in [0.15, 0.2) is 0 Å². The molecule has 1 rings (SSSR count). The molecule has 6 nitrogen and oxygen atoms in total. The number of carboxylic acid groups (broad SMARTS) is 1. The number of carbonyl (C=O) groups is 2. The molecule has 1 aliphatic heterocycles. The molecule has 116 valence electrons. The van der Waals surface area contributed by atoms with Crippen LogP contribution in [-0.2, 0) is 9.53 Å².